The highest BCUT2D eigenvalue weighted by Crippen LogP contribution is 2.29. The Balaban J connectivity index is 1.97. The van der Waals surface area contributed by atoms with Gasteiger partial charge in [-0.15, -0.1) is 0 Å². The van der Waals surface area contributed by atoms with Crippen molar-refractivity contribution in [2.75, 3.05) is 18.0 Å². The molecule has 1 fully saturated rings. The Morgan fingerprint density at radius 1 is 1.12 bits per heavy atom. The summed E-state index contributed by atoms with van der Waals surface area (Å²) < 4.78 is 27.5. The summed E-state index contributed by atoms with van der Waals surface area (Å²) in [5.74, 6) is -0.627. The molecule has 0 spiro atoms. The van der Waals surface area contributed by atoms with Crippen LogP contribution in [0.15, 0.2) is 36.4 Å². The fraction of sp³-hybridized carbons (Fsp3) is 0.250. The van der Waals surface area contributed by atoms with E-state index in [4.69, 9.17) is 0 Å². The third kappa shape index (κ3) is 3.30. The first-order valence-corrected chi connectivity index (χ1v) is 8.01. The van der Waals surface area contributed by atoms with Gasteiger partial charge >= 0.3 is 0 Å². The average Bonchev–Trinajstić information content (AvgIpc) is 3.10. The van der Waals surface area contributed by atoms with E-state index in [1.807, 2.05) is 13.0 Å². The number of anilines is 1. The first-order valence-electron chi connectivity index (χ1n) is 8.01. The molecule has 122 valence electrons. The van der Waals surface area contributed by atoms with Crippen molar-refractivity contribution in [3.8, 4) is 6.07 Å². The Bertz CT molecular complexity index is 811. The quantitative estimate of drug-likeness (QED) is 0.591. The largest absolute Gasteiger partial charge is 0.369 e. The zero-order valence-corrected chi connectivity index (χ0v) is 13.5. The number of hydrogen-bond donors (Lipinski definition) is 0. The summed E-state index contributed by atoms with van der Waals surface area (Å²) in [6.45, 7) is 3.67. The molecule has 0 radical (unpaired) electrons. The minimum Gasteiger partial charge on any atom is -0.369 e. The van der Waals surface area contributed by atoms with Crippen LogP contribution in [-0.4, -0.2) is 13.1 Å². The van der Waals surface area contributed by atoms with Crippen molar-refractivity contribution in [3.05, 3.63) is 64.7 Å². The third-order valence-electron chi connectivity index (χ3n) is 4.36. The van der Waals surface area contributed by atoms with Gasteiger partial charge in [0.1, 0.15) is 11.6 Å². The Morgan fingerprint density at radius 2 is 1.79 bits per heavy atom. The number of allylic oxidation sites excluding steroid dienone is 1. The molecule has 2 aromatic rings. The lowest BCUT2D eigenvalue weighted by Gasteiger charge is -2.19. The fourth-order valence-electron chi connectivity index (χ4n) is 3.00. The molecule has 0 unspecified atom stereocenters. The van der Waals surface area contributed by atoms with Gasteiger partial charge in [-0.1, -0.05) is 12.1 Å². The SMILES string of the molecule is Cc1cc(N2CCCC2)c(F)cc1C=C(C#N)c1ccc(F)cc1. The summed E-state index contributed by atoms with van der Waals surface area (Å²) in [7, 11) is 0. The van der Waals surface area contributed by atoms with Crippen LogP contribution in [0.25, 0.3) is 11.6 Å². The number of aryl methyl sites for hydroxylation is 1. The topological polar surface area (TPSA) is 27.0 Å². The predicted octanol–water partition coefficient (Wildman–Crippen LogP) is 4.94. The van der Waals surface area contributed by atoms with E-state index in [1.54, 1.807) is 18.2 Å². The predicted molar refractivity (Wildman–Crippen MR) is 92.5 cm³/mol. The Hall–Kier alpha value is -2.67. The molecular formula is C20H18F2N2. The zero-order valence-electron chi connectivity index (χ0n) is 13.5. The highest BCUT2D eigenvalue weighted by molar-refractivity contribution is 5.90. The summed E-state index contributed by atoms with van der Waals surface area (Å²) in [6, 6.07) is 11.1. The number of nitriles is 1. The first kappa shape index (κ1) is 16.2. The first-order chi connectivity index (χ1) is 11.6. The maximum Gasteiger partial charge on any atom is 0.147 e. The van der Waals surface area contributed by atoms with Crippen molar-refractivity contribution in [3.63, 3.8) is 0 Å². The van der Waals surface area contributed by atoms with Crippen molar-refractivity contribution >= 4 is 17.3 Å². The molecule has 0 bridgehead atoms. The van der Waals surface area contributed by atoms with Crippen molar-refractivity contribution in [1.29, 1.82) is 5.26 Å². The van der Waals surface area contributed by atoms with E-state index in [9.17, 15) is 14.0 Å². The number of hydrogen-bond acceptors (Lipinski definition) is 2. The molecule has 24 heavy (non-hydrogen) atoms. The van der Waals surface area contributed by atoms with E-state index in [0.29, 0.717) is 22.4 Å². The van der Waals surface area contributed by atoms with Crippen LogP contribution in [0.2, 0.25) is 0 Å². The molecule has 0 saturated carbocycles. The van der Waals surface area contributed by atoms with Crippen LogP contribution in [0.4, 0.5) is 14.5 Å². The normalized spacial score (nSPS) is 14.8. The van der Waals surface area contributed by atoms with E-state index in [2.05, 4.69) is 11.0 Å². The van der Waals surface area contributed by atoms with Gasteiger partial charge in [-0.25, -0.2) is 8.78 Å². The molecule has 1 aliphatic heterocycles. The lowest BCUT2D eigenvalue weighted by molar-refractivity contribution is 0.622. The Morgan fingerprint density at radius 3 is 2.42 bits per heavy atom. The molecule has 0 N–H and O–H groups in total. The van der Waals surface area contributed by atoms with Crippen LogP contribution in [0.3, 0.4) is 0 Å². The van der Waals surface area contributed by atoms with E-state index < -0.39 is 0 Å². The van der Waals surface area contributed by atoms with Gasteiger partial charge in [0.15, 0.2) is 0 Å². The second-order valence-electron chi connectivity index (χ2n) is 6.03. The second-order valence-corrected chi connectivity index (χ2v) is 6.03. The van der Waals surface area contributed by atoms with Gasteiger partial charge in [0, 0.05) is 13.1 Å². The van der Waals surface area contributed by atoms with Crippen LogP contribution in [-0.2, 0) is 0 Å². The fourth-order valence-corrected chi connectivity index (χ4v) is 3.00. The van der Waals surface area contributed by atoms with Gasteiger partial charge in [0.2, 0.25) is 0 Å². The van der Waals surface area contributed by atoms with Crippen LogP contribution in [0.1, 0.15) is 29.5 Å². The van der Waals surface area contributed by atoms with Crippen LogP contribution < -0.4 is 4.90 Å². The minimum atomic E-state index is -0.353. The second kappa shape index (κ2) is 6.84. The van der Waals surface area contributed by atoms with Gasteiger partial charge < -0.3 is 4.90 Å². The molecule has 1 heterocycles. The van der Waals surface area contributed by atoms with Crippen LogP contribution >= 0.6 is 0 Å². The monoisotopic (exact) mass is 324 g/mol. The molecule has 0 aliphatic carbocycles. The number of rotatable bonds is 3. The molecule has 1 aliphatic rings. The number of benzene rings is 2. The lowest BCUT2D eigenvalue weighted by Crippen LogP contribution is -2.19. The van der Waals surface area contributed by atoms with E-state index in [0.717, 1.165) is 31.5 Å². The molecule has 0 amide bonds. The molecule has 2 nitrogen and oxygen atoms in total. The van der Waals surface area contributed by atoms with Crippen LogP contribution in [0, 0.1) is 29.9 Å². The third-order valence-corrected chi connectivity index (χ3v) is 4.36. The van der Waals surface area contributed by atoms with Crippen molar-refractivity contribution in [2.45, 2.75) is 19.8 Å². The number of nitrogens with zero attached hydrogens (tertiary/aromatic N) is 2. The van der Waals surface area contributed by atoms with Crippen molar-refractivity contribution < 1.29 is 8.78 Å². The van der Waals surface area contributed by atoms with E-state index in [1.165, 1.54) is 18.2 Å². The van der Waals surface area contributed by atoms with Gasteiger partial charge in [-0.3, -0.25) is 0 Å². The maximum atomic E-state index is 14.5. The van der Waals surface area contributed by atoms with E-state index >= 15 is 0 Å². The molecule has 0 atom stereocenters. The van der Waals surface area contributed by atoms with Gasteiger partial charge in [0.25, 0.3) is 0 Å². The molecule has 0 aromatic heterocycles. The molecule has 1 saturated heterocycles. The molecule has 3 rings (SSSR count). The minimum absolute atomic E-state index is 0.273. The molecule has 4 heteroatoms. The highest BCUT2D eigenvalue weighted by atomic mass is 19.1. The smallest absolute Gasteiger partial charge is 0.147 e. The maximum absolute atomic E-state index is 14.5. The Kier molecular flexibility index (Phi) is 4.61. The molecular weight excluding hydrogens is 306 g/mol. The summed E-state index contributed by atoms with van der Waals surface area (Å²) in [5.41, 5.74) is 3.20. The summed E-state index contributed by atoms with van der Waals surface area (Å²) in [5, 5.41) is 9.38. The standard InChI is InChI=1S/C20H18F2N2/c1-14-10-20(24-8-2-3-9-24)19(22)12-16(14)11-17(13-23)15-4-6-18(21)7-5-15/h4-7,10-12H,2-3,8-9H2,1H3. The van der Waals surface area contributed by atoms with Crippen molar-refractivity contribution in [1.82, 2.24) is 0 Å². The van der Waals surface area contributed by atoms with Gasteiger partial charge in [-0.05, 0) is 66.8 Å². The summed E-state index contributed by atoms with van der Waals surface area (Å²) >= 11 is 0. The van der Waals surface area contributed by atoms with Crippen molar-refractivity contribution in [2.24, 2.45) is 0 Å². The Labute approximate surface area is 140 Å². The van der Waals surface area contributed by atoms with Gasteiger partial charge in [-0.2, -0.15) is 5.26 Å². The highest BCUT2D eigenvalue weighted by Gasteiger charge is 2.17. The van der Waals surface area contributed by atoms with E-state index in [-0.39, 0.29) is 11.6 Å². The molecule has 2 aromatic carbocycles. The zero-order chi connectivity index (χ0) is 17.1. The van der Waals surface area contributed by atoms with Gasteiger partial charge in [0.05, 0.1) is 17.3 Å². The average molecular weight is 324 g/mol. The lowest BCUT2D eigenvalue weighted by atomic mass is 10.0. The number of halogens is 2. The van der Waals surface area contributed by atoms with Crippen LogP contribution in [0.5, 0.6) is 0 Å². The summed E-state index contributed by atoms with van der Waals surface area (Å²) in [6.07, 6.45) is 3.83. The summed E-state index contributed by atoms with van der Waals surface area (Å²) in [4.78, 5) is 2.06.